The minimum atomic E-state index is 0.883. The average Bonchev–Trinajstić information content (AvgIpc) is 2.26. The van der Waals surface area contributed by atoms with Crippen molar-refractivity contribution in [3.8, 4) is 5.75 Å². The van der Waals surface area contributed by atoms with Crippen LogP contribution in [-0.2, 0) is 6.54 Å². The Labute approximate surface area is 113 Å². The molecule has 1 aromatic carbocycles. The second kappa shape index (κ2) is 7.46. The van der Waals surface area contributed by atoms with Crippen LogP contribution in [0.15, 0.2) is 22.7 Å². The summed E-state index contributed by atoms with van der Waals surface area (Å²) >= 11 is 5.92. The molecule has 0 atom stereocenters. The smallest absolute Gasteiger partial charge is 0.119 e. The fourth-order valence-corrected chi connectivity index (χ4v) is 2.00. The van der Waals surface area contributed by atoms with E-state index in [0.29, 0.717) is 0 Å². The van der Waals surface area contributed by atoms with Crippen LogP contribution >= 0.6 is 38.5 Å². The maximum Gasteiger partial charge on any atom is 0.119 e. The maximum atomic E-state index is 5.19. The van der Waals surface area contributed by atoms with E-state index in [4.69, 9.17) is 4.74 Å². The minimum Gasteiger partial charge on any atom is -0.497 e. The fourth-order valence-electron chi connectivity index (χ4n) is 1.23. The Hall–Kier alpha value is 0.190. The highest BCUT2D eigenvalue weighted by atomic mass is 127. The lowest BCUT2D eigenvalue weighted by molar-refractivity contribution is 0.414. The third-order valence-corrected chi connectivity index (χ3v) is 3.59. The average molecular weight is 384 g/mol. The van der Waals surface area contributed by atoms with Gasteiger partial charge in [-0.05, 0) is 36.7 Å². The number of hydrogen-bond acceptors (Lipinski definition) is 2. The highest BCUT2D eigenvalue weighted by Gasteiger charge is 2.01. The van der Waals surface area contributed by atoms with Crippen molar-refractivity contribution in [3.05, 3.63) is 28.2 Å². The summed E-state index contributed by atoms with van der Waals surface area (Å²) in [6.45, 7) is 1.95. The lowest BCUT2D eigenvalue weighted by atomic mass is 10.2. The summed E-state index contributed by atoms with van der Waals surface area (Å²) in [4.78, 5) is 0. The van der Waals surface area contributed by atoms with E-state index in [9.17, 15) is 0 Å². The molecule has 0 aromatic heterocycles. The highest BCUT2D eigenvalue weighted by Crippen LogP contribution is 2.22. The van der Waals surface area contributed by atoms with Crippen LogP contribution in [0, 0.1) is 0 Å². The number of rotatable bonds is 6. The predicted octanol–water partition coefficient (Wildman–Crippen LogP) is 3.37. The fraction of sp³-hybridized carbons (Fsp3) is 0.455. The molecular formula is C11H15BrINO. The van der Waals surface area contributed by atoms with Gasteiger partial charge in [0.25, 0.3) is 0 Å². The van der Waals surface area contributed by atoms with Crippen LogP contribution in [0.2, 0.25) is 0 Å². The van der Waals surface area contributed by atoms with Crippen molar-refractivity contribution in [2.45, 2.75) is 13.0 Å². The van der Waals surface area contributed by atoms with Crippen molar-refractivity contribution in [2.75, 3.05) is 18.1 Å². The van der Waals surface area contributed by atoms with Crippen LogP contribution in [0.25, 0.3) is 0 Å². The SMILES string of the molecule is COc1ccc(Br)c(CNCCCI)c1. The molecule has 0 spiro atoms. The molecule has 0 heterocycles. The van der Waals surface area contributed by atoms with Crippen molar-refractivity contribution >= 4 is 38.5 Å². The molecule has 0 saturated heterocycles. The number of nitrogens with one attached hydrogen (secondary N) is 1. The molecule has 0 amide bonds. The molecular weight excluding hydrogens is 369 g/mol. The first-order chi connectivity index (χ1) is 7.27. The van der Waals surface area contributed by atoms with Crippen LogP contribution in [0.3, 0.4) is 0 Å². The molecule has 1 rings (SSSR count). The third-order valence-electron chi connectivity index (χ3n) is 2.06. The molecule has 0 aliphatic heterocycles. The van der Waals surface area contributed by atoms with Crippen LogP contribution in [-0.4, -0.2) is 18.1 Å². The summed E-state index contributed by atoms with van der Waals surface area (Å²) < 4.78 is 7.52. The zero-order valence-electron chi connectivity index (χ0n) is 8.72. The van der Waals surface area contributed by atoms with Crippen molar-refractivity contribution < 1.29 is 4.74 Å². The molecule has 15 heavy (non-hydrogen) atoms. The van der Waals surface area contributed by atoms with Crippen LogP contribution in [0.4, 0.5) is 0 Å². The molecule has 0 aliphatic carbocycles. The summed E-state index contributed by atoms with van der Waals surface area (Å²) in [6.07, 6.45) is 1.21. The molecule has 0 saturated carbocycles. The number of methoxy groups -OCH3 is 1. The molecule has 0 radical (unpaired) electrons. The van der Waals surface area contributed by atoms with Gasteiger partial charge in [0.1, 0.15) is 5.75 Å². The highest BCUT2D eigenvalue weighted by molar-refractivity contribution is 14.1. The third kappa shape index (κ3) is 4.70. The van der Waals surface area contributed by atoms with E-state index >= 15 is 0 Å². The summed E-state index contributed by atoms with van der Waals surface area (Å²) in [6, 6.07) is 6.04. The molecule has 84 valence electrons. The number of alkyl halides is 1. The van der Waals surface area contributed by atoms with Gasteiger partial charge in [0.15, 0.2) is 0 Å². The Morgan fingerprint density at radius 3 is 2.93 bits per heavy atom. The minimum absolute atomic E-state index is 0.883. The molecule has 4 heteroatoms. The van der Waals surface area contributed by atoms with Gasteiger partial charge in [0.05, 0.1) is 7.11 Å². The summed E-state index contributed by atoms with van der Waals surface area (Å²) in [5, 5.41) is 3.40. The number of benzene rings is 1. The van der Waals surface area contributed by atoms with Crippen molar-refractivity contribution in [2.24, 2.45) is 0 Å². The van der Waals surface area contributed by atoms with E-state index in [1.165, 1.54) is 16.4 Å². The Balaban J connectivity index is 2.51. The normalized spacial score (nSPS) is 10.3. The molecule has 1 aromatic rings. The van der Waals surface area contributed by atoms with Gasteiger partial charge in [-0.2, -0.15) is 0 Å². The van der Waals surface area contributed by atoms with Crippen LogP contribution in [0.1, 0.15) is 12.0 Å². The van der Waals surface area contributed by atoms with Gasteiger partial charge >= 0.3 is 0 Å². The summed E-state index contributed by atoms with van der Waals surface area (Å²) in [5.41, 5.74) is 1.24. The van der Waals surface area contributed by atoms with E-state index in [1.54, 1.807) is 7.11 Å². The lowest BCUT2D eigenvalue weighted by Crippen LogP contribution is -2.15. The standard InChI is InChI=1S/C11H15BrINO/c1-15-10-3-4-11(12)9(7-10)8-14-6-2-5-13/h3-4,7,14H,2,5-6,8H2,1H3. The summed E-state index contributed by atoms with van der Waals surface area (Å²) in [7, 11) is 1.69. The molecule has 2 nitrogen and oxygen atoms in total. The molecule has 0 aliphatic rings. The first-order valence-electron chi connectivity index (χ1n) is 4.87. The van der Waals surface area contributed by atoms with E-state index in [1.807, 2.05) is 12.1 Å². The monoisotopic (exact) mass is 383 g/mol. The predicted molar refractivity (Wildman–Crippen MR) is 75.9 cm³/mol. The van der Waals surface area contributed by atoms with Crippen LogP contribution < -0.4 is 10.1 Å². The second-order valence-electron chi connectivity index (χ2n) is 3.18. The van der Waals surface area contributed by atoms with Crippen molar-refractivity contribution in [3.63, 3.8) is 0 Å². The van der Waals surface area contributed by atoms with Gasteiger partial charge < -0.3 is 10.1 Å². The van der Waals surface area contributed by atoms with Crippen molar-refractivity contribution in [1.29, 1.82) is 0 Å². The Kier molecular flexibility index (Phi) is 6.59. The zero-order chi connectivity index (χ0) is 11.1. The molecule has 0 fully saturated rings. The van der Waals surface area contributed by atoms with Crippen molar-refractivity contribution in [1.82, 2.24) is 5.32 Å². The van der Waals surface area contributed by atoms with Gasteiger partial charge in [-0.25, -0.2) is 0 Å². The first kappa shape index (κ1) is 13.3. The molecule has 0 unspecified atom stereocenters. The first-order valence-corrected chi connectivity index (χ1v) is 7.19. The van der Waals surface area contributed by atoms with E-state index in [-0.39, 0.29) is 0 Å². The number of ether oxygens (including phenoxy) is 1. The summed E-state index contributed by atoms with van der Waals surface area (Å²) in [5.74, 6) is 0.906. The topological polar surface area (TPSA) is 21.3 Å². The Morgan fingerprint density at radius 1 is 1.47 bits per heavy atom. The zero-order valence-corrected chi connectivity index (χ0v) is 12.5. The number of hydrogen-bond donors (Lipinski definition) is 1. The Morgan fingerprint density at radius 2 is 2.27 bits per heavy atom. The van der Waals surface area contributed by atoms with Crippen LogP contribution in [0.5, 0.6) is 5.75 Å². The Bertz CT molecular complexity index is 307. The van der Waals surface area contributed by atoms with Gasteiger partial charge in [0.2, 0.25) is 0 Å². The van der Waals surface area contributed by atoms with E-state index in [2.05, 4.69) is 49.9 Å². The van der Waals surface area contributed by atoms with E-state index in [0.717, 1.165) is 23.3 Å². The second-order valence-corrected chi connectivity index (χ2v) is 5.11. The quantitative estimate of drug-likeness (QED) is 0.462. The van der Waals surface area contributed by atoms with E-state index < -0.39 is 0 Å². The van der Waals surface area contributed by atoms with Gasteiger partial charge in [-0.1, -0.05) is 38.5 Å². The molecule has 1 N–H and O–H groups in total. The largest absolute Gasteiger partial charge is 0.497 e. The lowest BCUT2D eigenvalue weighted by Gasteiger charge is -2.08. The molecule has 0 bridgehead atoms. The maximum absolute atomic E-state index is 5.19. The van der Waals surface area contributed by atoms with Gasteiger partial charge in [-0.15, -0.1) is 0 Å². The van der Waals surface area contributed by atoms with Gasteiger partial charge in [-0.3, -0.25) is 0 Å². The van der Waals surface area contributed by atoms with Gasteiger partial charge in [0, 0.05) is 15.4 Å². The number of halogens is 2.